The zero-order valence-corrected chi connectivity index (χ0v) is 12.3. The number of halogens is 1. The predicted molar refractivity (Wildman–Crippen MR) is 83.7 cm³/mol. The van der Waals surface area contributed by atoms with Crippen LogP contribution in [0.2, 0.25) is 5.02 Å². The Morgan fingerprint density at radius 2 is 1.86 bits per heavy atom. The van der Waals surface area contributed by atoms with Crippen LogP contribution in [-0.2, 0) is 0 Å². The molecule has 2 aromatic rings. The Hall–Kier alpha value is -2.80. The number of carbonyl (C=O) groups excluding carboxylic acids is 1. The summed E-state index contributed by atoms with van der Waals surface area (Å²) < 4.78 is 5.04. The lowest BCUT2D eigenvalue weighted by Crippen LogP contribution is -2.19. The van der Waals surface area contributed by atoms with Crippen LogP contribution in [-0.4, -0.2) is 18.1 Å². The number of nitro groups is 1. The molecule has 0 saturated carbocycles. The molecule has 0 aliphatic heterocycles. The molecule has 0 radical (unpaired) electrons. The van der Waals surface area contributed by atoms with E-state index >= 15 is 0 Å². The fourth-order valence-corrected chi connectivity index (χ4v) is 1.84. The molecule has 7 nitrogen and oxygen atoms in total. The van der Waals surface area contributed by atoms with Crippen LogP contribution in [0.25, 0.3) is 0 Å². The zero-order chi connectivity index (χ0) is 16.1. The molecule has 2 aromatic carbocycles. The van der Waals surface area contributed by atoms with Gasteiger partial charge in [-0.3, -0.25) is 10.1 Å². The molecule has 0 spiro atoms. The van der Waals surface area contributed by atoms with Gasteiger partial charge in [0.05, 0.1) is 23.8 Å². The van der Waals surface area contributed by atoms with Crippen LogP contribution in [0.4, 0.5) is 21.9 Å². The van der Waals surface area contributed by atoms with Crippen molar-refractivity contribution in [3.05, 3.63) is 57.6 Å². The summed E-state index contributed by atoms with van der Waals surface area (Å²) in [6.45, 7) is 0. The first kappa shape index (κ1) is 15.6. The van der Waals surface area contributed by atoms with Crippen LogP contribution in [0, 0.1) is 10.1 Å². The molecule has 0 heterocycles. The number of non-ortho nitro benzene ring substituents is 1. The Balaban J connectivity index is 2.10. The number of ether oxygens (including phenoxy) is 1. The second-order valence-electron chi connectivity index (χ2n) is 4.23. The Labute approximate surface area is 131 Å². The minimum atomic E-state index is -0.542. The van der Waals surface area contributed by atoms with E-state index in [0.717, 1.165) is 0 Å². The Morgan fingerprint density at radius 1 is 1.18 bits per heavy atom. The summed E-state index contributed by atoms with van der Waals surface area (Å²) >= 11 is 5.76. The van der Waals surface area contributed by atoms with E-state index in [2.05, 4.69) is 10.6 Å². The van der Waals surface area contributed by atoms with Crippen LogP contribution in [0.1, 0.15) is 0 Å². The molecule has 22 heavy (non-hydrogen) atoms. The molecule has 2 rings (SSSR count). The van der Waals surface area contributed by atoms with Crippen LogP contribution in [0.5, 0.6) is 5.75 Å². The van der Waals surface area contributed by atoms with E-state index in [1.807, 2.05) is 0 Å². The minimum Gasteiger partial charge on any atom is -0.494 e. The second-order valence-corrected chi connectivity index (χ2v) is 4.66. The quantitative estimate of drug-likeness (QED) is 0.659. The number of carbonyl (C=O) groups is 1. The molecule has 0 unspecified atom stereocenters. The SMILES string of the molecule is COc1cc([N+](=O)[O-])ccc1NC(=O)Nc1ccc(Cl)cc1. The number of anilines is 2. The molecular formula is C14H12ClN3O4. The van der Waals surface area contributed by atoms with Crippen molar-refractivity contribution in [2.75, 3.05) is 17.7 Å². The number of benzene rings is 2. The van der Waals surface area contributed by atoms with Gasteiger partial charge in [0, 0.05) is 16.8 Å². The largest absolute Gasteiger partial charge is 0.494 e. The highest BCUT2D eigenvalue weighted by Crippen LogP contribution is 2.29. The van der Waals surface area contributed by atoms with E-state index in [1.165, 1.54) is 25.3 Å². The number of rotatable bonds is 4. The van der Waals surface area contributed by atoms with Crippen LogP contribution in [0.15, 0.2) is 42.5 Å². The Morgan fingerprint density at radius 3 is 2.45 bits per heavy atom. The van der Waals surface area contributed by atoms with Crippen LogP contribution < -0.4 is 15.4 Å². The summed E-state index contributed by atoms with van der Waals surface area (Å²) in [4.78, 5) is 22.1. The van der Waals surface area contributed by atoms with Crippen molar-refractivity contribution in [2.45, 2.75) is 0 Å². The lowest BCUT2D eigenvalue weighted by Gasteiger charge is -2.11. The van der Waals surface area contributed by atoms with Gasteiger partial charge in [-0.05, 0) is 30.3 Å². The van der Waals surface area contributed by atoms with E-state index in [1.54, 1.807) is 24.3 Å². The van der Waals surface area contributed by atoms with Gasteiger partial charge in [-0.1, -0.05) is 11.6 Å². The van der Waals surface area contributed by atoms with Gasteiger partial charge in [-0.15, -0.1) is 0 Å². The highest BCUT2D eigenvalue weighted by atomic mass is 35.5. The van der Waals surface area contributed by atoms with Gasteiger partial charge in [0.1, 0.15) is 5.75 Å². The lowest BCUT2D eigenvalue weighted by atomic mass is 10.2. The van der Waals surface area contributed by atoms with Gasteiger partial charge < -0.3 is 15.4 Å². The van der Waals surface area contributed by atoms with Crippen molar-refractivity contribution in [3.8, 4) is 5.75 Å². The molecule has 8 heteroatoms. The number of nitro benzene ring substituents is 1. The van der Waals surface area contributed by atoms with E-state index in [4.69, 9.17) is 16.3 Å². The summed E-state index contributed by atoms with van der Waals surface area (Å²) in [6.07, 6.45) is 0. The third kappa shape index (κ3) is 3.86. The number of hydrogen-bond donors (Lipinski definition) is 2. The van der Waals surface area contributed by atoms with Gasteiger partial charge >= 0.3 is 6.03 Å². The maximum atomic E-state index is 11.9. The van der Waals surface area contributed by atoms with Crippen LogP contribution >= 0.6 is 11.6 Å². The van der Waals surface area contributed by atoms with Gasteiger partial charge in [-0.25, -0.2) is 4.79 Å². The number of nitrogens with zero attached hydrogens (tertiary/aromatic N) is 1. The summed E-state index contributed by atoms with van der Waals surface area (Å²) in [5, 5.41) is 16.4. The molecule has 0 aliphatic rings. The Bertz CT molecular complexity index is 704. The van der Waals surface area contributed by atoms with Crippen molar-refractivity contribution in [1.29, 1.82) is 0 Å². The van der Waals surface area contributed by atoms with E-state index in [0.29, 0.717) is 16.4 Å². The molecule has 0 aromatic heterocycles. The fraction of sp³-hybridized carbons (Fsp3) is 0.0714. The zero-order valence-electron chi connectivity index (χ0n) is 11.5. The molecule has 2 amide bonds. The average Bonchev–Trinajstić information content (AvgIpc) is 2.49. The van der Waals surface area contributed by atoms with Crippen molar-refractivity contribution in [3.63, 3.8) is 0 Å². The number of methoxy groups -OCH3 is 1. The topological polar surface area (TPSA) is 93.5 Å². The average molecular weight is 322 g/mol. The summed E-state index contributed by atoms with van der Waals surface area (Å²) in [6, 6.07) is 9.99. The van der Waals surface area contributed by atoms with Crippen molar-refractivity contribution in [2.24, 2.45) is 0 Å². The van der Waals surface area contributed by atoms with E-state index < -0.39 is 11.0 Å². The summed E-state index contributed by atoms with van der Waals surface area (Å²) in [7, 11) is 1.36. The molecular weight excluding hydrogens is 310 g/mol. The molecule has 114 valence electrons. The van der Waals surface area contributed by atoms with Crippen molar-refractivity contribution >= 4 is 34.7 Å². The highest BCUT2D eigenvalue weighted by molar-refractivity contribution is 6.30. The van der Waals surface area contributed by atoms with Crippen molar-refractivity contribution in [1.82, 2.24) is 0 Å². The molecule has 0 bridgehead atoms. The number of hydrogen-bond acceptors (Lipinski definition) is 4. The van der Waals surface area contributed by atoms with Gasteiger partial charge in [0.2, 0.25) is 0 Å². The third-order valence-corrected chi connectivity index (χ3v) is 3.00. The van der Waals surface area contributed by atoms with Gasteiger partial charge in [0.15, 0.2) is 0 Å². The minimum absolute atomic E-state index is 0.125. The van der Waals surface area contributed by atoms with Gasteiger partial charge in [0.25, 0.3) is 5.69 Å². The molecule has 0 atom stereocenters. The highest BCUT2D eigenvalue weighted by Gasteiger charge is 2.13. The lowest BCUT2D eigenvalue weighted by molar-refractivity contribution is -0.384. The fourth-order valence-electron chi connectivity index (χ4n) is 1.71. The van der Waals surface area contributed by atoms with Crippen molar-refractivity contribution < 1.29 is 14.5 Å². The standard InChI is InChI=1S/C14H12ClN3O4/c1-22-13-8-11(18(20)21)6-7-12(13)17-14(19)16-10-4-2-9(15)3-5-10/h2-8H,1H3,(H2,16,17,19). The molecule has 0 aliphatic carbocycles. The smallest absolute Gasteiger partial charge is 0.323 e. The maximum absolute atomic E-state index is 11.9. The molecule has 0 fully saturated rings. The maximum Gasteiger partial charge on any atom is 0.323 e. The monoisotopic (exact) mass is 321 g/mol. The predicted octanol–water partition coefficient (Wildman–Crippen LogP) is 3.90. The first-order valence-electron chi connectivity index (χ1n) is 6.15. The first-order chi connectivity index (χ1) is 10.5. The normalized spacial score (nSPS) is 9.91. The van der Waals surface area contributed by atoms with Gasteiger partial charge in [-0.2, -0.15) is 0 Å². The Kier molecular flexibility index (Phi) is 4.80. The van der Waals surface area contributed by atoms with E-state index in [9.17, 15) is 14.9 Å². The third-order valence-electron chi connectivity index (χ3n) is 2.75. The molecule has 2 N–H and O–H groups in total. The summed E-state index contributed by atoms with van der Waals surface area (Å²) in [5.41, 5.74) is 0.753. The first-order valence-corrected chi connectivity index (χ1v) is 6.53. The van der Waals surface area contributed by atoms with E-state index in [-0.39, 0.29) is 11.4 Å². The van der Waals surface area contributed by atoms with Crippen LogP contribution in [0.3, 0.4) is 0 Å². The second kappa shape index (κ2) is 6.77. The number of nitrogens with one attached hydrogen (secondary N) is 2. The molecule has 0 saturated heterocycles. The summed E-state index contributed by atoms with van der Waals surface area (Å²) in [5.74, 6) is 0.195. The number of amides is 2. The number of urea groups is 1.